The first-order chi connectivity index (χ1) is 12.3. The number of anilines is 1. The van der Waals surface area contributed by atoms with Gasteiger partial charge in [-0.2, -0.15) is 0 Å². The Hall–Kier alpha value is -1.57. The maximum atomic E-state index is 14.5. The summed E-state index contributed by atoms with van der Waals surface area (Å²) in [7, 11) is 0. The number of hydrogen-bond acceptors (Lipinski definition) is 7. The van der Waals surface area contributed by atoms with Gasteiger partial charge in [0.05, 0.1) is 18.1 Å². The van der Waals surface area contributed by atoms with Gasteiger partial charge in [-0.3, -0.25) is 5.32 Å². The summed E-state index contributed by atoms with van der Waals surface area (Å²) in [6.07, 6.45) is -3.52. The van der Waals surface area contributed by atoms with E-state index in [0.29, 0.717) is 14.6 Å². The second-order valence-corrected chi connectivity index (χ2v) is 7.23. The molecule has 11 heteroatoms. The molecule has 1 saturated heterocycles. The Morgan fingerprint density at radius 2 is 2.27 bits per heavy atom. The molecule has 0 aromatic carbocycles. The van der Waals surface area contributed by atoms with E-state index >= 15 is 0 Å². The molecule has 0 bridgehead atoms. The van der Waals surface area contributed by atoms with Crippen LogP contribution in [0.5, 0.6) is 0 Å². The molecule has 2 aromatic rings. The molecule has 1 fully saturated rings. The lowest BCUT2D eigenvalue weighted by molar-refractivity contribution is -0.0457. The van der Waals surface area contributed by atoms with Crippen LogP contribution in [0.4, 0.5) is 15.0 Å². The third kappa shape index (κ3) is 3.48. The number of ether oxygens (including phenoxy) is 2. The van der Waals surface area contributed by atoms with Gasteiger partial charge in [0.25, 0.3) is 0 Å². The van der Waals surface area contributed by atoms with Crippen molar-refractivity contribution < 1.29 is 28.9 Å². The van der Waals surface area contributed by atoms with Crippen LogP contribution in [-0.2, 0) is 9.47 Å². The van der Waals surface area contributed by atoms with Crippen LogP contribution >= 0.6 is 22.6 Å². The molecule has 2 aromatic heterocycles. The number of hydrogen-bond donors (Lipinski definition) is 3. The molecule has 0 aliphatic carbocycles. The highest BCUT2D eigenvalue weighted by Gasteiger charge is 2.45. The lowest BCUT2D eigenvalue weighted by atomic mass is 10.1. The number of nitrogens with one attached hydrogen (secondary N) is 1. The topological polar surface area (TPSA) is 119 Å². The molecule has 0 radical (unpaired) electrons. The zero-order valence-corrected chi connectivity index (χ0v) is 16.1. The van der Waals surface area contributed by atoms with E-state index in [1.54, 1.807) is 20.0 Å². The molecule has 142 valence electrons. The summed E-state index contributed by atoms with van der Waals surface area (Å²) in [6.45, 7) is 2.94. The van der Waals surface area contributed by atoms with Crippen LogP contribution in [0.1, 0.15) is 20.1 Å². The molecule has 3 rings (SSSR count). The molecule has 3 heterocycles. The van der Waals surface area contributed by atoms with Crippen molar-refractivity contribution in [2.24, 2.45) is 0 Å². The highest BCUT2D eigenvalue weighted by atomic mass is 127. The lowest BCUT2D eigenvalue weighted by Crippen LogP contribution is -2.30. The number of aliphatic hydroxyl groups excluding tert-OH is 2. The molecule has 4 atom stereocenters. The largest absolute Gasteiger partial charge is 0.447 e. The van der Waals surface area contributed by atoms with Crippen molar-refractivity contribution >= 4 is 45.5 Å². The molecule has 1 unspecified atom stereocenters. The number of carbonyl (C=O) groups excluding carboxylic acids is 1. The monoisotopic (exact) mass is 480 g/mol. The van der Waals surface area contributed by atoms with Gasteiger partial charge in [-0.15, -0.1) is 0 Å². The smallest absolute Gasteiger partial charge is 0.413 e. The fourth-order valence-electron chi connectivity index (χ4n) is 2.75. The van der Waals surface area contributed by atoms with E-state index in [0.717, 1.165) is 0 Å². The normalized spacial score (nSPS) is 25.8. The first-order valence-corrected chi connectivity index (χ1v) is 8.98. The average molecular weight is 480 g/mol. The summed E-state index contributed by atoms with van der Waals surface area (Å²) in [4.78, 5) is 20.1. The number of fused-ring (bicyclic) bond motifs is 1. The summed E-state index contributed by atoms with van der Waals surface area (Å²) < 4.78 is 27.0. The molecular weight excluding hydrogens is 462 g/mol. The number of amides is 1. The SMILES string of the molecule is CC(C)OC(=O)Nc1ncnc2c1c(I)cn2[C@@H]1O[C@H](CO)C(O)[C@H]1F. The third-order valence-corrected chi connectivity index (χ3v) is 4.69. The van der Waals surface area contributed by atoms with Gasteiger partial charge in [-0.1, -0.05) is 0 Å². The van der Waals surface area contributed by atoms with Crippen LogP contribution in [0, 0.1) is 3.57 Å². The van der Waals surface area contributed by atoms with Crippen LogP contribution in [0.2, 0.25) is 0 Å². The van der Waals surface area contributed by atoms with Crippen LogP contribution in [0.15, 0.2) is 12.5 Å². The molecular formula is C15H18FIN4O5. The van der Waals surface area contributed by atoms with Crippen molar-refractivity contribution in [1.29, 1.82) is 0 Å². The van der Waals surface area contributed by atoms with Crippen LogP contribution in [-0.4, -0.2) is 61.9 Å². The van der Waals surface area contributed by atoms with Crippen LogP contribution in [0.3, 0.4) is 0 Å². The number of alkyl halides is 1. The summed E-state index contributed by atoms with van der Waals surface area (Å²) in [5.41, 5.74) is 0.322. The van der Waals surface area contributed by atoms with Gasteiger partial charge < -0.3 is 24.3 Å². The van der Waals surface area contributed by atoms with E-state index in [2.05, 4.69) is 15.3 Å². The molecule has 9 nitrogen and oxygen atoms in total. The number of rotatable bonds is 4. The Bertz CT molecular complexity index is 817. The molecule has 26 heavy (non-hydrogen) atoms. The van der Waals surface area contributed by atoms with Gasteiger partial charge in [-0.05, 0) is 36.4 Å². The average Bonchev–Trinajstić information content (AvgIpc) is 3.05. The zero-order valence-electron chi connectivity index (χ0n) is 14.0. The fraction of sp³-hybridized carbons (Fsp3) is 0.533. The highest BCUT2D eigenvalue weighted by Crippen LogP contribution is 2.36. The van der Waals surface area contributed by atoms with Crippen molar-refractivity contribution in [2.45, 2.75) is 44.6 Å². The predicted molar refractivity (Wildman–Crippen MR) is 97.4 cm³/mol. The Balaban J connectivity index is 1.97. The predicted octanol–water partition coefficient (Wildman–Crippen LogP) is 1.58. The summed E-state index contributed by atoms with van der Waals surface area (Å²) in [5, 5.41) is 22.1. The second-order valence-electron chi connectivity index (χ2n) is 6.07. The minimum atomic E-state index is -1.74. The second kappa shape index (κ2) is 7.58. The molecule has 1 aliphatic heterocycles. The number of nitrogens with zero attached hydrogens (tertiary/aromatic N) is 3. The Morgan fingerprint density at radius 1 is 1.54 bits per heavy atom. The standard InChI is InChI=1S/C15H18FIN4O5/c1-6(2)25-15(24)20-12-9-7(17)3-21(13(9)19-5-18-12)14-10(16)11(23)8(4-22)26-14/h3,5-6,8,10-11,14,22-23H,4H2,1-2H3,(H,18,19,20,24)/t8-,10-,11?,14-/m1/s1. The number of aliphatic hydroxyl groups is 2. The minimum absolute atomic E-state index is 0.219. The van der Waals surface area contributed by atoms with Gasteiger partial charge in [0, 0.05) is 9.77 Å². The zero-order chi connectivity index (χ0) is 19.0. The van der Waals surface area contributed by atoms with Gasteiger partial charge in [-0.25, -0.2) is 19.2 Å². The van der Waals surface area contributed by atoms with Crippen LogP contribution < -0.4 is 5.32 Å². The first-order valence-electron chi connectivity index (χ1n) is 7.90. The molecule has 0 spiro atoms. The molecule has 0 saturated carbocycles. The van der Waals surface area contributed by atoms with E-state index in [9.17, 15) is 19.4 Å². The van der Waals surface area contributed by atoms with Gasteiger partial charge in [0.1, 0.15) is 30.0 Å². The minimum Gasteiger partial charge on any atom is -0.447 e. The number of carbonyl (C=O) groups is 1. The van der Waals surface area contributed by atoms with E-state index < -0.39 is 37.3 Å². The summed E-state index contributed by atoms with van der Waals surface area (Å²) in [6, 6.07) is 0. The van der Waals surface area contributed by atoms with E-state index in [4.69, 9.17) is 9.47 Å². The van der Waals surface area contributed by atoms with Crippen molar-refractivity contribution in [1.82, 2.24) is 14.5 Å². The first kappa shape index (κ1) is 19.2. The lowest BCUT2D eigenvalue weighted by Gasteiger charge is -2.16. The van der Waals surface area contributed by atoms with Crippen molar-refractivity contribution in [3.05, 3.63) is 16.1 Å². The Morgan fingerprint density at radius 3 is 2.88 bits per heavy atom. The summed E-state index contributed by atoms with van der Waals surface area (Å²) >= 11 is 2.01. The quantitative estimate of drug-likeness (QED) is 0.569. The molecule has 1 amide bonds. The van der Waals surface area contributed by atoms with Crippen molar-refractivity contribution in [2.75, 3.05) is 11.9 Å². The van der Waals surface area contributed by atoms with Gasteiger partial charge >= 0.3 is 6.09 Å². The summed E-state index contributed by atoms with van der Waals surface area (Å²) in [5.74, 6) is 0.219. The van der Waals surface area contributed by atoms with Gasteiger partial charge in [0.15, 0.2) is 12.4 Å². The molecule has 3 N–H and O–H groups in total. The van der Waals surface area contributed by atoms with Crippen molar-refractivity contribution in [3.8, 4) is 0 Å². The number of halogens is 2. The number of aromatic nitrogens is 3. The maximum Gasteiger partial charge on any atom is 0.413 e. The third-order valence-electron chi connectivity index (χ3n) is 3.87. The van der Waals surface area contributed by atoms with Crippen LogP contribution in [0.25, 0.3) is 11.0 Å². The van der Waals surface area contributed by atoms with E-state index in [-0.39, 0.29) is 11.9 Å². The van der Waals surface area contributed by atoms with E-state index in [1.165, 1.54) is 10.9 Å². The van der Waals surface area contributed by atoms with Gasteiger partial charge in [0.2, 0.25) is 0 Å². The molecule has 1 aliphatic rings. The Kier molecular flexibility index (Phi) is 5.60. The maximum absolute atomic E-state index is 14.5. The van der Waals surface area contributed by atoms with Crippen molar-refractivity contribution in [3.63, 3.8) is 0 Å². The fourth-order valence-corrected chi connectivity index (χ4v) is 3.54. The van der Waals surface area contributed by atoms with E-state index in [1.807, 2.05) is 22.6 Å². The Labute approximate surface area is 161 Å². The highest BCUT2D eigenvalue weighted by molar-refractivity contribution is 14.1.